The largest absolute Gasteiger partial charge is 0.322 e. The van der Waals surface area contributed by atoms with Gasteiger partial charge in [0.1, 0.15) is 0 Å². The maximum Gasteiger partial charge on any atom is 0.0701 e. The molecule has 2 atom stereocenters. The number of pyridine rings is 1. The first-order chi connectivity index (χ1) is 10.2. The Bertz CT molecular complexity index is 571. The quantitative estimate of drug-likeness (QED) is 0.907. The van der Waals surface area contributed by atoms with Crippen molar-refractivity contribution in [1.29, 1.82) is 0 Å². The number of aromatic nitrogens is 1. The number of nitrogens with two attached hydrogens (primary N) is 1. The van der Waals surface area contributed by atoms with Crippen molar-refractivity contribution in [1.82, 2.24) is 10.3 Å². The van der Waals surface area contributed by atoms with Crippen molar-refractivity contribution in [2.45, 2.75) is 37.8 Å². The van der Waals surface area contributed by atoms with E-state index >= 15 is 0 Å². The van der Waals surface area contributed by atoms with Gasteiger partial charge < -0.3 is 11.1 Å². The SMILES string of the molecule is C[C@@]1([C@@H](N)c2ccc(-c3ccccn3)cc2)CCCCN1. The predicted molar refractivity (Wildman–Crippen MR) is 86.9 cm³/mol. The number of hydrogen-bond acceptors (Lipinski definition) is 3. The first kappa shape index (κ1) is 14.2. The topological polar surface area (TPSA) is 50.9 Å². The van der Waals surface area contributed by atoms with Crippen LogP contribution in [-0.2, 0) is 0 Å². The van der Waals surface area contributed by atoms with Gasteiger partial charge in [-0.2, -0.15) is 0 Å². The molecule has 3 N–H and O–H groups in total. The van der Waals surface area contributed by atoms with Gasteiger partial charge >= 0.3 is 0 Å². The van der Waals surface area contributed by atoms with E-state index in [0.29, 0.717) is 0 Å². The Morgan fingerprint density at radius 1 is 1.14 bits per heavy atom. The molecule has 3 rings (SSSR count). The van der Waals surface area contributed by atoms with Gasteiger partial charge in [0.15, 0.2) is 0 Å². The second-order valence-corrected chi connectivity index (χ2v) is 6.12. The summed E-state index contributed by atoms with van der Waals surface area (Å²) in [6.07, 6.45) is 5.46. The average molecular weight is 281 g/mol. The van der Waals surface area contributed by atoms with E-state index in [1.54, 1.807) is 0 Å². The van der Waals surface area contributed by atoms with Gasteiger partial charge in [-0.05, 0) is 44.0 Å². The normalized spacial score (nSPS) is 23.7. The summed E-state index contributed by atoms with van der Waals surface area (Å²) in [4.78, 5) is 4.38. The molecule has 1 saturated heterocycles. The van der Waals surface area contributed by atoms with Gasteiger partial charge in [0.2, 0.25) is 0 Å². The van der Waals surface area contributed by atoms with E-state index in [-0.39, 0.29) is 11.6 Å². The van der Waals surface area contributed by atoms with Crippen LogP contribution in [0.25, 0.3) is 11.3 Å². The zero-order valence-corrected chi connectivity index (χ0v) is 12.5. The van der Waals surface area contributed by atoms with Crippen LogP contribution in [0.1, 0.15) is 37.8 Å². The zero-order chi connectivity index (χ0) is 14.7. The van der Waals surface area contributed by atoms with Crippen LogP contribution in [-0.4, -0.2) is 17.1 Å². The molecule has 0 spiro atoms. The van der Waals surface area contributed by atoms with E-state index in [2.05, 4.69) is 41.5 Å². The smallest absolute Gasteiger partial charge is 0.0701 e. The van der Waals surface area contributed by atoms with Crippen LogP contribution in [0, 0.1) is 0 Å². The van der Waals surface area contributed by atoms with Crippen molar-refractivity contribution < 1.29 is 0 Å². The zero-order valence-electron chi connectivity index (χ0n) is 12.5. The molecule has 2 aromatic rings. The van der Waals surface area contributed by atoms with Crippen LogP contribution < -0.4 is 11.1 Å². The molecule has 1 aliphatic rings. The van der Waals surface area contributed by atoms with Gasteiger partial charge in [0.25, 0.3) is 0 Å². The fourth-order valence-corrected chi connectivity index (χ4v) is 3.11. The lowest BCUT2D eigenvalue weighted by atomic mass is 9.81. The number of nitrogens with one attached hydrogen (secondary N) is 1. The summed E-state index contributed by atoms with van der Waals surface area (Å²) in [6.45, 7) is 3.31. The predicted octanol–water partition coefficient (Wildman–Crippen LogP) is 3.28. The van der Waals surface area contributed by atoms with Crippen LogP contribution in [0.15, 0.2) is 48.7 Å². The number of hydrogen-bond donors (Lipinski definition) is 2. The maximum absolute atomic E-state index is 6.51. The lowest BCUT2D eigenvalue weighted by molar-refractivity contribution is 0.233. The van der Waals surface area contributed by atoms with Gasteiger partial charge in [-0.3, -0.25) is 4.98 Å². The average Bonchev–Trinajstić information content (AvgIpc) is 2.56. The van der Waals surface area contributed by atoms with Crippen molar-refractivity contribution in [2.75, 3.05) is 6.54 Å². The maximum atomic E-state index is 6.51. The first-order valence-corrected chi connectivity index (χ1v) is 7.71. The summed E-state index contributed by atoms with van der Waals surface area (Å²) < 4.78 is 0. The summed E-state index contributed by atoms with van der Waals surface area (Å²) in [6, 6.07) is 14.5. The van der Waals surface area contributed by atoms with Gasteiger partial charge in [-0.1, -0.05) is 36.8 Å². The lowest BCUT2D eigenvalue weighted by Gasteiger charge is -2.40. The van der Waals surface area contributed by atoms with Gasteiger partial charge in [0.05, 0.1) is 5.69 Å². The van der Waals surface area contributed by atoms with E-state index in [1.165, 1.54) is 18.4 Å². The molecule has 3 nitrogen and oxygen atoms in total. The number of nitrogens with zero attached hydrogens (tertiary/aromatic N) is 1. The number of piperidine rings is 1. The van der Waals surface area contributed by atoms with Gasteiger partial charge in [0, 0.05) is 23.3 Å². The van der Waals surface area contributed by atoms with Gasteiger partial charge in [-0.15, -0.1) is 0 Å². The van der Waals surface area contributed by atoms with Gasteiger partial charge in [-0.25, -0.2) is 0 Å². The first-order valence-electron chi connectivity index (χ1n) is 7.71. The molecule has 110 valence electrons. The Hall–Kier alpha value is -1.71. The minimum Gasteiger partial charge on any atom is -0.322 e. The molecule has 1 aromatic carbocycles. The molecule has 0 amide bonds. The Morgan fingerprint density at radius 2 is 1.95 bits per heavy atom. The molecule has 0 unspecified atom stereocenters. The van der Waals surface area contributed by atoms with Crippen LogP contribution in [0.3, 0.4) is 0 Å². The van der Waals surface area contributed by atoms with E-state index in [0.717, 1.165) is 24.2 Å². The Balaban J connectivity index is 1.80. The Morgan fingerprint density at radius 3 is 2.57 bits per heavy atom. The summed E-state index contributed by atoms with van der Waals surface area (Å²) >= 11 is 0. The molecule has 0 bridgehead atoms. The van der Waals surface area contributed by atoms with E-state index < -0.39 is 0 Å². The highest BCUT2D eigenvalue weighted by atomic mass is 15.0. The highest BCUT2D eigenvalue weighted by Gasteiger charge is 2.33. The Labute approximate surface area is 126 Å². The molecule has 0 aliphatic carbocycles. The molecular formula is C18H23N3. The fourth-order valence-electron chi connectivity index (χ4n) is 3.11. The Kier molecular flexibility index (Phi) is 4.04. The minimum absolute atomic E-state index is 0.00473. The summed E-state index contributed by atoms with van der Waals surface area (Å²) in [7, 11) is 0. The third-order valence-corrected chi connectivity index (χ3v) is 4.57. The minimum atomic E-state index is 0.00473. The molecule has 0 radical (unpaired) electrons. The van der Waals surface area contributed by atoms with E-state index in [9.17, 15) is 0 Å². The second-order valence-electron chi connectivity index (χ2n) is 6.12. The molecule has 0 saturated carbocycles. The van der Waals surface area contributed by atoms with E-state index in [4.69, 9.17) is 5.73 Å². The summed E-state index contributed by atoms with van der Waals surface area (Å²) in [5.74, 6) is 0. The fraction of sp³-hybridized carbons (Fsp3) is 0.389. The molecular weight excluding hydrogens is 258 g/mol. The van der Waals surface area contributed by atoms with E-state index in [1.807, 2.05) is 24.4 Å². The lowest BCUT2D eigenvalue weighted by Crippen LogP contribution is -2.53. The number of benzene rings is 1. The van der Waals surface area contributed by atoms with Crippen LogP contribution >= 0.6 is 0 Å². The standard InChI is InChI=1S/C18H23N3/c1-18(11-3-5-13-21-18)17(19)15-9-7-14(8-10-15)16-6-2-4-12-20-16/h2,4,6-10,12,17,21H,3,5,11,13,19H2,1H3/t17-,18-/m0/s1. The highest BCUT2D eigenvalue weighted by Crippen LogP contribution is 2.31. The second kappa shape index (κ2) is 5.96. The van der Waals surface area contributed by atoms with Crippen molar-refractivity contribution in [3.8, 4) is 11.3 Å². The molecule has 3 heteroatoms. The van der Waals surface area contributed by atoms with Crippen molar-refractivity contribution >= 4 is 0 Å². The highest BCUT2D eigenvalue weighted by molar-refractivity contribution is 5.59. The molecule has 1 aromatic heterocycles. The molecule has 1 fully saturated rings. The van der Waals surface area contributed by atoms with Crippen molar-refractivity contribution in [3.63, 3.8) is 0 Å². The van der Waals surface area contributed by atoms with Crippen LogP contribution in [0.2, 0.25) is 0 Å². The summed E-state index contributed by atoms with van der Waals surface area (Å²) in [5.41, 5.74) is 9.84. The third-order valence-electron chi connectivity index (χ3n) is 4.57. The van der Waals surface area contributed by atoms with Crippen molar-refractivity contribution in [2.24, 2.45) is 5.73 Å². The summed E-state index contributed by atoms with van der Waals surface area (Å²) in [5, 5.41) is 3.60. The molecule has 2 heterocycles. The van der Waals surface area contributed by atoms with Crippen LogP contribution in [0.5, 0.6) is 0 Å². The monoisotopic (exact) mass is 281 g/mol. The van der Waals surface area contributed by atoms with Crippen molar-refractivity contribution in [3.05, 3.63) is 54.2 Å². The molecule has 1 aliphatic heterocycles. The molecule has 21 heavy (non-hydrogen) atoms. The third kappa shape index (κ3) is 2.99. The number of rotatable bonds is 3. The van der Waals surface area contributed by atoms with Crippen LogP contribution in [0.4, 0.5) is 0 Å².